The molecule has 0 unspecified atom stereocenters. The molecule has 1 spiro atoms. The number of hydroxylamine groups is 2. The number of carbonyl (C=O) groups excluding carboxylic acids is 2. The molecule has 0 bridgehead atoms. The van der Waals surface area contributed by atoms with Crippen LogP contribution in [0.1, 0.15) is 70.6 Å². The Morgan fingerprint density at radius 3 is 2.33 bits per heavy atom. The van der Waals surface area contributed by atoms with Crippen LogP contribution in [0.2, 0.25) is 0 Å². The highest BCUT2D eigenvalue weighted by molar-refractivity contribution is 5.86. The number of amides is 2. The van der Waals surface area contributed by atoms with E-state index in [9.17, 15) is 23.6 Å². The van der Waals surface area contributed by atoms with Crippen molar-refractivity contribution in [2.45, 2.75) is 88.1 Å². The molecule has 7 nitrogen and oxygen atoms in total. The zero-order chi connectivity index (χ0) is 21.4. The van der Waals surface area contributed by atoms with Crippen molar-refractivity contribution < 1.29 is 23.2 Å². The summed E-state index contributed by atoms with van der Waals surface area (Å²) in [6.45, 7) is 1.22. The SMILES string of the molecule is N#CC1(NC(=O)[C@H](CC(F)(F)CC2CC2)NC(=O)ON2CCC3(CCC3)CC2)CC1. The van der Waals surface area contributed by atoms with Crippen LogP contribution in [-0.2, 0) is 9.63 Å². The van der Waals surface area contributed by atoms with E-state index in [0.717, 1.165) is 25.7 Å². The number of hydrogen-bond donors (Lipinski definition) is 2. The Morgan fingerprint density at radius 2 is 1.83 bits per heavy atom. The summed E-state index contributed by atoms with van der Waals surface area (Å²) in [6.07, 6.45) is 6.12. The molecule has 30 heavy (non-hydrogen) atoms. The largest absolute Gasteiger partial charge is 0.426 e. The van der Waals surface area contributed by atoms with Gasteiger partial charge in [-0.05, 0) is 62.7 Å². The molecule has 1 heterocycles. The molecule has 2 N–H and O–H groups in total. The normalized spacial score (nSPS) is 25.5. The predicted molar refractivity (Wildman–Crippen MR) is 103 cm³/mol. The van der Waals surface area contributed by atoms with Gasteiger partial charge in [0, 0.05) is 25.9 Å². The highest BCUT2D eigenvalue weighted by Gasteiger charge is 2.48. The first kappa shape index (κ1) is 21.3. The molecular formula is C21H30F2N4O3. The quantitative estimate of drug-likeness (QED) is 0.624. The summed E-state index contributed by atoms with van der Waals surface area (Å²) >= 11 is 0. The maximum Gasteiger partial charge on any atom is 0.426 e. The molecule has 4 fully saturated rings. The summed E-state index contributed by atoms with van der Waals surface area (Å²) in [7, 11) is 0. The van der Waals surface area contributed by atoms with Gasteiger partial charge in [-0.2, -0.15) is 5.26 Å². The Labute approximate surface area is 175 Å². The second-order valence-electron chi connectivity index (χ2n) is 9.75. The van der Waals surface area contributed by atoms with Gasteiger partial charge in [0.15, 0.2) is 0 Å². The second-order valence-corrected chi connectivity index (χ2v) is 9.75. The summed E-state index contributed by atoms with van der Waals surface area (Å²) < 4.78 is 28.9. The van der Waals surface area contributed by atoms with Crippen molar-refractivity contribution in [3.05, 3.63) is 0 Å². The number of nitriles is 1. The minimum atomic E-state index is -3.07. The average Bonchev–Trinajstić information content (AvgIpc) is 3.58. The summed E-state index contributed by atoms with van der Waals surface area (Å²) in [4.78, 5) is 30.3. The number of carbonyl (C=O) groups is 2. The number of hydrogen-bond acceptors (Lipinski definition) is 5. The first-order valence-corrected chi connectivity index (χ1v) is 11.1. The van der Waals surface area contributed by atoms with Gasteiger partial charge in [-0.15, -0.1) is 5.06 Å². The topological polar surface area (TPSA) is 94.5 Å². The molecule has 0 radical (unpaired) electrons. The second kappa shape index (κ2) is 7.95. The monoisotopic (exact) mass is 424 g/mol. The van der Waals surface area contributed by atoms with Crippen LogP contribution in [0.15, 0.2) is 0 Å². The predicted octanol–water partition coefficient (Wildman–Crippen LogP) is 3.26. The first-order valence-electron chi connectivity index (χ1n) is 11.1. The summed E-state index contributed by atoms with van der Waals surface area (Å²) in [6, 6.07) is 0.565. The number of alkyl halides is 2. The highest BCUT2D eigenvalue weighted by Crippen LogP contribution is 2.48. The summed E-state index contributed by atoms with van der Waals surface area (Å²) in [5, 5.41) is 15.6. The summed E-state index contributed by atoms with van der Waals surface area (Å²) in [5.74, 6) is -3.84. The van der Waals surface area contributed by atoms with Crippen LogP contribution in [0, 0.1) is 22.7 Å². The number of halogens is 2. The van der Waals surface area contributed by atoms with Gasteiger partial charge in [-0.1, -0.05) is 6.42 Å². The smallest absolute Gasteiger partial charge is 0.351 e. The van der Waals surface area contributed by atoms with E-state index >= 15 is 0 Å². The molecule has 4 rings (SSSR count). The van der Waals surface area contributed by atoms with Crippen LogP contribution in [0.4, 0.5) is 13.6 Å². The maximum absolute atomic E-state index is 14.4. The van der Waals surface area contributed by atoms with Crippen LogP contribution in [-0.4, -0.2) is 47.7 Å². The Bertz CT molecular complexity index is 716. The molecule has 0 aromatic carbocycles. The van der Waals surface area contributed by atoms with E-state index in [2.05, 4.69) is 10.6 Å². The van der Waals surface area contributed by atoms with Gasteiger partial charge in [-0.3, -0.25) is 4.79 Å². The molecule has 3 saturated carbocycles. The van der Waals surface area contributed by atoms with E-state index in [4.69, 9.17) is 4.84 Å². The molecule has 1 aliphatic heterocycles. The van der Waals surface area contributed by atoms with Gasteiger partial charge in [0.1, 0.15) is 11.6 Å². The third-order valence-electron chi connectivity index (χ3n) is 7.13. The van der Waals surface area contributed by atoms with Crippen molar-refractivity contribution in [2.75, 3.05) is 13.1 Å². The van der Waals surface area contributed by atoms with Gasteiger partial charge in [-0.25, -0.2) is 13.6 Å². The van der Waals surface area contributed by atoms with Gasteiger partial charge in [0.25, 0.3) is 5.92 Å². The molecule has 0 aromatic heterocycles. The fourth-order valence-corrected chi connectivity index (χ4v) is 4.56. The van der Waals surface area contributed by atoms with Crippen molar-refractivity contribution in [1.82, 2.24) is 15.7 Å². The molecule has 1 atom stereocenters. The standard InChI is InChI=1S/C21H30F2N4O3/c22-21(23,12-15-2-3-15)13-16(17(28)26-20(14-24)6-7-20)25-18(29)30-27-10-8-19(9-11-27)4-1-5-19/h15-16H,1-13H2,(H,25,29)(H,26,28)/t16-/m0/s1. The number of rotatable bonds is 8. The molecule has 9 heteroatoms. The van der Waals surface area contributed by atoms with E-state index < -0.39 is 35.9 Å². The number of nitrogens with zero attached hydrogens (tertiary/aromatic N) is 2. The van der Waals surface area contributed by atoms with E-state index in [-0.39, 0.29) is 12.3 Å². The minimum Gasteiger partial charge on any atom is -0.351 e. The fraction of sp³-hybridized carbons (Fsp3) is 0.857. The molecule has 166 valence electrons. The maximum atomic E-state index is 14.4. The van der Waals surface area contributed by atoms with Gasteiger partial charge in [0.2, 0.25) is 5.91 Å². The molecule has 3 aliphatic carbocycles. The molecule has 0 aromatic rings. The van der Waals surface area contributed by atoms with Gasteiger partial charge < -0.3 is 15.5 Å². The lowest BCUT2D eigenvalue weighted by molar-refractivity contribution is -0.144. The Hall–Kier alpha value is -1.95. The van der Waals surface area contributed by atoms with E-state index in [1.807, 2.05) is 6.07 Å². The summed E-state index contributed by atoms with van der Waals surface area (Å²) in [5.41, 5.74) is -0.601. The van der Waals surface area contributed by atoms with Crippen LogP contribution in [0.5, 0.6) is 0 Å². The van der Waals surface area contributed by atoms with E-state index in [1.54, 1.807) is 5.06 Å². The van der Waals surface area contributed by atoms with Crippen LogP contribution < -0.4 is 10.6 Å². The Balaban J connectivity index is 1.32. The third kappa shape index (κ3) is 5.20. The van der Waals surface area contributed by atoms with Crippen molar-refractivity contribution in [2.24, 2.45) is 11.3 Å². The van der Waals surface area contributed by atoms with Gasteiger partial charge in [0.05, 0.1) is 6.07 Å². The minimum absolute atomic E-state index is 0.0169. The van der Waals surface area contributed by atoms with Crippen molar-refractivity contribution >= 4 is 12.0 Å². The zero-order valence-corrected chi connectivity index (χ0v) is 17.2. The molecule has 1 saturated heterocycles. The van der Waals surface area contributed by atoms with Crippen LogP contribution in [0.25, 0.3) is 0 Å². The Kier molecular flexibility index (Phi) is 5.64. The van der Waals surface area contributed by atoms with Crippen molar-refractivity contribution in [1.29, 1.82) is 5.26 Å². The average molecular weight is 424 g/mol. The van der Waals surface area contributed by atoms with Crippen LogP contribution >= 0.6 is 0 Å². The number of nitrogens with one attached hydrogen (secondary N) is 2. The van der Waals surface area contributed by atoms with E-state index in [0.29, 0.717) is 31.3 Å². The number of piperidine rings is 1. The van der Waals surface area contributed by atoms with Gasteiger partial charge >= 0.3 is 6.09 Å². The van der Waals surface area contributed by atoms with E-state index in [1.165, 1.54) is 19.3 Å². The van der Waals surface area contributed by atoms with Crippen molar-refractivity contribution in [3.8, 4) is 6.07 Å². The Morgan fingerprint density at radius 1 is 1.17 bits per heavy atom. The highest BCUT2D eigenvalue weighted by atomic mass is 19.3. The lowest BCUT2D eigenvalue weighted by Crippen LogP contribution is -2.53. The van der Waals surface area contributed by atoms with Crippen molar-refractivity contribution in [3.63, 3.8) is 0 Å². The lowest BCUT2D eigenvalue weighted by Gasteiger charge is -2.47. The third-order valence-corrected chi connectivity index (χ3v) is 7.13. The molecular weight excluding hydrogens is 394 g/mol. The lowest BCUT2D eigenvalue weighted by atomic mass is 9.63. The fourth-order valence-electron chi connectivity index (χ4n) is 4.56. The molecule has 2 amide bonds. The van der Waals surface area contributed by atoms with Crippen LogP contribution in [0.3, 0.4) is 0 Å². The molecule has 4 aliphatic rings. The first-order chi connectivity index (χ1) is 14.2. The zero-order valence-electron chi connectivity index (χ0n) is 17.2.